The van der Waals surface area contributed by atoms with Crippen LogP contribution in [-0.4, -0.2) is 5.71 Å². The van der Waals surface area contributed by atoms with E-state index >= 15 is 0 Å². The average Bonchev–Trinajstić information content (AvgIpc) is 2.25. The summed E-state index contributed by atoms with van der Waals surface area (Å²) in [6.45, 7) is 0.475. The first-order valence-corrected chi connectivity index (χ1v) is 5.02. The highest BCUT2D eigenvalue weighted by molar-refractivity contribution is 5.93. The Kier molecular flexibility index (Phi) is 2.99. The lowest BCUT2D eigenvalue weighted by atomic mass is 9.84. The van der Waals surface area contributed by atoms with Gasteiger partial charge < -0.3 is 4.84 Å². The zero-order valence-electron chi connectivity index (χ0n) is 8.39. The molecule has 3 nitrogen and oxygen atoms in total. The molecule has 0 amide bonds. The van der Waals surface area contributed by atoms with E-state index in [4.69, 9.17) is 10.1 Å². The fourth-order valence-electron chi connectivity index (χ4n) is 1.43. The third-order valence-corrected chi connectivity index (χ3v) is 2.50. The van der Waals surface area contributed by atoms with Gasteiger partial charge in [-0.2, -0.15) is 5.26 Å². The number of nitrogens with zero attached hydrogens (tertiary/aromatic N) is 2. The van der Waals surface area contributed by atoms with E-state index in [-0.39, 0.29) is 5.92 Å². The number of oxime groups is 1. The molecule has 0 N–H and O–H groups in total. The molecule has 15 heavy (non-hydrogen) atoms. The van der Waals surface area contributed by atoms with E-state index in [0.717, 1.165) is 24.1 Å². The summed E-state index contributed by atoms with van der Waals surface area (Å²) in [4.78, 5) is 5.19. The van der Waals surface area contributed by atoms with Crippen LogP contribution in [0.15, 0.2) is 35.5 Å². The Bertz CT molecular complexity index is 392. The Hall–Kier alpha value is -1.82. The fraction of sp³-hybridized carbons (Fsp3) is 0.333. The van der Waals surface area contributed by atoms with E-state index in [2.05, 4.69) is 11.2 Å². The molecule has 1 aliphatic carbocycles. The third kappa shape index (κ3) is 2.35. The minimum atomic E-state index is -0.0132. The van der Waals surface area contributed by atoms with Crippen LogP contribution in [0.1, 0.15) is 18.4 Å². The van der Waals surface area contributed by atoms with Crippen LogP contribution < -0.4 is 0 Å². The molecule has 3 heteroatoms. The van der Waals surface area contributed by atoms with Crippen LogP contribution in [0.3, 0.4) is 0 Å². The lowest BCUT2D eigenvalue weighted by Gasteiger charge is -2.20. The third-order valence-electron chi connectivity index (χ3n) is 2.50. The molecule has 0 spiro atoms. The molecule has 0 heterocycles. The van der Waals surface area contributed by atoms with Gasteiger partial charge in [0.1, 0.15) is 6.61 Å². The Morgan fingerprint density at radius 1 is 1.40 bits per heavy atom. The summed E-state index contributed by atoms with van der Waals surface area (Å²) in [5.74, 6) is -0.0132. The molecule has 0 bridgehead atoms. The first-order chi connectivity index (χ1) is 7.40. The van der Waals surface area contributed by atoms with Crippen molar-refractivity contribution in [1.29, 1.82) is 5.26 Å². The van der Waals surface area contributed by atoms with Crippen molar-refractivity contribution in [2.45, 2.75) is 19.4 Å². The smallest absolute Gasteiger partial charge is 0.142 e. The van der Waals surface area contributed by atoms with Gasteiger partial charge in [-0.25, -0.2) is 0 Å². The molecule has 76 valence electrons. The normalized spacial score (nSPS) is 21.8. The van der Waals surface area contributed by atoms with Gasteiger partial charge in [0.2, 0.25) is 0 Å². The van der Waals surface area contributed by atoms with Gasteiger partial charge in [0, 0.05) is 0 Å². The molecule has 0 aromatic heterocycles. The van der Waals surface area contributed by atoms with E-state index in [1.807, 2.05) is 30.3 Å². The van der Waals surface area contributed by atoms with Gasteiger partial charge >= 0.3 is 0 Å². The van der Waals surface area contributed by atoms with Crippen molar-refractivity contribution in [3.63, 3.8) is 0 Å². The molecule has 0 saturated heterocycles. The van der Waals surface area contributed by atoms with Gasteiger partial charge in [-0.1, -0.05) is 35.5 Å². The van der Waals surface area contributed by atoms with Crippen molar-refractivity contribution in [3.05, 3.63) is 35.9 Å². The van der Waals surface area contributed by atoms with Crippen LogP contribution in [-0.2, 0) is 11.4 Å². The van der Waals surface area contributed by atoms with Crippen LogP contribution in [0.4, 0.5) is 0 Å². The van der Waals surface area contributed by atoms with Crippen molar-refractivity contribution in [2.75, 3.05) is 0 Å². The molecule has 1 fully saturated rings. The van der Waals surface area contributed by atoms with Gasteiger partial charge in [0.25, 0.3) is 0 Å². The predicted molar refractivity (Wildman–Crippen MR) is 57.0 cm³/mol. The summed E-state index contributed by atoms with van der Waals surface area (Å²) in [7, 11) is 0. The molecule has 1 atom stereocenters. The van der Waals surface area contributed by atoms with Gasteiger partial charge in [0.15, 0.2) is 0 Å². The highest BCUT2D eigenvalue weighted by Crippen LogP contribution is 2.23. The maximum absolute atomic E-state index is 8.69. The van der Waals surface area contributed by atoms with Crippen molar-refractivity contribution in [3.8, 4) is 6.07 Å². The van der Waals surface area contributed by atoms with Crippen LogP contribution in [0, 0.1) is 17.2 Å². The number of hydrogen-bond donors (Lipinski definition) is 0. The molecule has 0 aliphatic heterocycles. The number of benzene rings is 1. The van der Waals surface area contributed by atoms with E-state index < -0.39 is 0 Å². The predicted octanol–water partition coefficient (Wildman–Crippen LogP) is 2.49. The molecular formula is C12H12N2O. The Morgan fingerprint density at radius 3 is 2.80 bits per heavy atom. The first kappa shape index (κ1) is 9.72. The topological polar surface area (TPSA) is 45.4 Å². The summed E-state index contributed by atoms with van der Waals surface area (Å²) >= 11 is 0. The lowest BCUT2D eigenvalue weighted by Crippen LogP contribution is -2.24. The minimum Gasteiger partial charge on any atom is -0.391 e. The van der Waals surface area contributed by atoms with Gasteiger partial charge in [0.05, 0.1) is 17.7 Å². The fourth-order valence-corrected chi connectivity index (χ4v) is 1.43. The van der Waals surface area contributed by atoms with E-state index in [9.17, 15) is 0 Å². The maximum atomic E-state index is 8.69. The minimum absolute atomic E-state index is 0.0132. The molecule has 1 aliphatic rings. The zero-order valence-corrected chi connectivity index (χ0v) is 8.39. The average molecular weight is 200 g/mol. The van der Waals surface area contributed by atoms with Crippen LogP contribution in [0.25, 0.3) is 0 Å². The van der Waals surface area contributed by atoms with Crippen molar-refractivity contribution in [1.82, 2.24) is 0 Å². The second-order valence-corrected chi connectivity index (χ2v) is 3.56. The Morgan fingerprint density at radius 2 is 2.20 bits per heavy atom. The molecule has 0 radical (unpaired) electrons. The zero-order chi connectivity index (χ0) is 10.5. The van der Waals surface area contributed by atoms with Crippen LogP contribution in [0.5, 0.6) is 0 Å². The van der Waals surface area contributed by atoms with Crippen molar-refractivity contribution < 1.29 is 4.84 Å². The summed E-state index contributed by atoms with van der Waals surface area (Å²) in [6, 6.07) is 12.1. The SMILES string of the molecule is N#CC1CC/C1=N/OCc1ccccc1. The van der Waals surface area contributed by atoms with E-state index in [1.165, 1.54) is 0 Å². The number of nitriles is 1. The first-order valence-electron chi connectivity index (χ1n) is 5.02. The molecular weight excluding hydrogens is 188 g/mol. The molecule has 1 aromatic rings. The lowest BCUT2D eigenvalue weighted by molar-refractivity contribution is 0.127. The summed E-state index contributed by atoms with van der Waals surface area (Å²) in [5, 5.41) is 12.7. The molecule has 2 rings (SSSR count). The van der Waals surface area contributed by atoms with E-state index in [0.29, 0.717) is 6.61 Å². The van der Waals surface area contributed by atoms with Crippen molar-refractivity contribution >= 4 is 5.71 Å². The second-order valence-electron chi connectivity index (χ2n) is 3.56. The van der Waals surface area contributed by atoms with Gasteiger partial charge in [-0.3, -0.25) is 0 Å². The second kappa shape index (κ2) is 4.61. The van der Waals surface area contributed by atoms with Gasteiger partial charge in [-0.15, -0.1) is 0 Å². The van der Waals surface area contributed by atoms with Gasteiger partial charge in [-0.05, 0) is 18.4 Å². The Labute approximate surface area is 89.0 Å². The maximum Gasteiger partial charge on any atom is 0.142 e. The molecule has 1 aromatic carbocycles. The Balaban J connectivity index is 1.83. The quantitative estimate of drug-likeness (QED) is 0.703. The highest BCUT2D eigenvalue weighted by Gasteiger charge is 2.26. The highest BCUT2D eigenvalue weighted by atomic mass is 16.6. The molecule has 1 saturated carbocycles. The standard InChI is InChI=1S/C12H12N2O/c13-8-11-6-7-12(11)14-15-9-10-4-2-1-3-5-10/h1-5,11H,6-7,9H2/b14-12-. The monoisotopic (exact) mass is 200 g/mol. The number of hydrogen-bond acceptors (Lipinski definition) is 3. The number of rotatable bonds is 3. The summed E-state index contributed by atoms with van der Waals surface area (Å²) < 4.78 is 0. The largest absolute Gasteiger partial charge is 0.391 e. The summed E-state index contributed by atoms with van der Waals surface area (Å²) in [6.07, 6.45) is 1.82. The summed E-state index contributed by atoms with van der Waals surface area (Å²) in [5.41, 5.74) is 1.98. The van der Waals surface area contributed by atoms with Crippen LogP contribution >= 0.6 is 0 Å². The van der Waals surface area contributed by atoms with Crippen molar-refractivity contribution in [2.24, 2.45) is 11.1 Å². The van der Waals surface area contributed by atoms with Crippen LogP contribution in [0.2, 0.25) is 0 Å². The molecule has 1 unspecified atom stereocenters. The van der Waals surface area contributed by atoms with E-state index in [1.54, 1.807) is 0 Å².